The zero-order valence-corrected chi connectivity index (χ0v) is 15.1. The number of ketones is 1. The number of thioether (sulfide) groups is 1. The molecule has 134 valence electrons. The van der Waals surface area contributed by atoms with Crippen LogP contribution in [0.15, 0.2) is 18.2 Å². The van der Waals surface area contributed by atoms with E-state index in [1.165, 1.54) is 13.2 Å². The van der Waals surface area contributed by atoms with Crippen molar-refractivity contribution in [3.63, 3.8) is 0 Å². The Morgan fingerprint density at radius 1 is 1.32 bits per heavy atom. The lowest BCUT2D eigenvalue weighted by Crippen LogP contribution is -2.37. The van der Waals surface area contributed by atoms with Crippen molar-refractivity contribution in [3.8, 4) is 5.75 Å². The molecule has 0 aromatic heterocycles. The number of imide groups is 1. The summed E-state index contributed by atoms with van der Waals surface area (Å²) in [6.45, 7) is 0.290. The number of ether oxygens (including phenoxy) is 1. The molecular formula is C16H17ClN2O5S. The van der Waals surface area contributed by atoms with Crippen molar-refractivity contribution in [1.82, 2.24) is 10.2 Å². The van der Waals surface area contributed by atoms with Gasteiger partial charge < -0.3 is 10.1 Å². The Labute approximate surface area is 154 Å². The van der Waals surface area contributed by atoms with Gasteiger partial charge in [-0.25, -0.2) is 0 Å². The smallest absolute Gasteiger partial charge is 0.288 e. The van der Waals surface area contributed by atoms with Crippen molar-refractivity contribution >= 4 is 46.2 Å². The van der Waals surface area contributed by atoms with Crippen molar-refractivity contribution in [2.75, 3.05) is 26.0 Å². The molecule has 9 heteroatoms. The standard InChI is InChI=1S/C16H17ClN2O5S/c1-24-13-4-2-10(17)8-11(13)12(20)3-5-14(21)18-6-7-19-15(22)9-25-16(19)23/h2,4,8H,3,5-7,9H2,1H3,(H,18,21). The van der Waals surface area contributed by atoms with E-state index in [2.05, 4.69) is 5.32 Å². The number of rotatable bonds is 8. The third-order valence-corrected chi connectivity index (χ3v) is 4.63. The number of hydrogen-bond donors (Lipinski definition) is 1. The van der Waals surface area contributed by atoms with Crippen LogP contribution >= 0.6 is 23.4 Å². The van der Waals surface area contributed by atoms with Crippen LogP contribution in [0.1, 0.15) is 23.2 Å². The number of Topliss-reactive ketones (excluding diaryl/α,β-unsaturated/α-hetero) is 1. The minimum atomic E-state index is -0.332. The summed E-state index contributed by atoms with van der Waals surface area (Å²) >= 11 is 6.83. The van der Waals surface area contributed by atoms with E-state index >= 15 is 0 Å². The third-order valence-electron chi connectivity index (χ3n) is 3.54. The van der Waals surface area contributed by atoms with Crippen LogP contribution in [0.4, 0.5) is 4.79 Å². The number of carbonyl (C=O) groups excluding carboxylic acids is 4. The number of carbonyl (C=O) groups is 4. The molecule has 3 amide bonds. The van der Waals surface area contributed by atoms with Gasteiger partial charge >= 0.3 is 0 Å². The monoisotopic (exact) mass is 384 g/mol. The first kappa shape index (κ1) is 19.3. The van der Waals surface area contributed by atoms with Crippen molar-refractivity contribution in [2.45, 2.75) is 12.8 Å². The van der Waals surface area contributed by atoms with Gasteiger partial charge in [-0.3, -0.25) is 24.1 Å². The van der Waals surface area contributed by atoms with Gasteiger partial charge in [0.2, 0.25) is 11.8 Å². The second-order valence-electron chi connectivity index (χ2n) is 5.22. The van der Waals surface area contributed by atoms with Gasteiger partial charge in [0.05, 0.1) is 18.4 Å². The SMILES string of the molecule is COc1ccc(Cl)cc1C(=O)CCC(=O)NCCN1C(=O)CSC1=O. The average Bonchev–Trinajstić information content (AvgIpc) is 2.91. The summed E-state index contributed by atoms with van der Waals surface area (Å²) in [6, 6.07) is 4.71. The number of hydrogen-bond acceptors (Lipinski definition) is 6. The topological polar surface area (TPSA) is 92.8 Å². The Balaban J connectivity index is 1.78. The van der Waals surface area contributed by atoms with Gasteiger partial charge in [-0.2, -0.15) is 0 Å². The Bertz CT molecular complexity index is 694. The molecule has 1 aliphatic heterocycles. The van der Waals surface area contributed by atoms with Crippen LogP contribution in [0.25, 0.3) is 0 Å². The summed E-state index contributed by atoms with van der Waals surface area (Å²) in [5.41, 5.74) is 0.327. The average molecular weight is 385 g/mol. The number of nitrogens with one attached hydrogen (secondary N) is 1. The zero-order valence-electron chi connectivity index (χ0n) is 13.5. The third kappa shape index (κ3) is 5.20. The highest BCUT2D eigenvalue weighted by molar-refractivity contribution is 8.14. The van der Waals surface area contributed by atoms with E-state index < -0.39 is 0 Å². The molecule has 1 fully saturated rings. The molecule has 7 nitrogen and oxygen atoms in total. The van der Waals surface area contributed by atoms with Crippen LogP contribution in [0, 0.1) is 0 Å². The molecular weight excluding hydrogens is 368 g/mol. The summed E-state index contributed by atoms with van der Waals surface area (Å²) in [4.78, 5) is 48.0. The van der Waals surface area contributed by atoms with E-state index in [0.29, 0.717) is 16.3 Å². The molecule has 0 unspecified atom stereocenters. The van der Waals surface area contributed by atoms with Crippen LogP contribution < -0.4 is 10.1 Å². The highest BCUT2D eigenvalue weighted by Crippen LogP contribution is 2.24. The van der Waals surface area contributed by atoms with Crippen LogP contribution in [-0.2, 0) is 9.59 Å². The molecule has 1 aromatic carbocycles. The van der Waals surface area contributed by atoms with Gasteiger partial charge in [-0.1, -0.05) is 23.4 Å². The molecule has 1 saturated heterocycles. The van der Waals surface area contributed by atoms with Gasteiger partial charge in [-0.15, -0.1) is 0 Å². The number of nitrogens with zero attached hydrogens (tertiary/aromatic N) is 1. The molecule has 1 heterocycles. The van der Waals surface area contributed by atoms with Crippen molar-refractivity contribution < 1.29 is 23.9 Å². The maximum Gasteiger partial charge on any atom is 0.288 e. The number of methoxy groups -OCH3 is 1. The number of benzene rings is 1. The quantitative estimate of drug-likeness (QED) is 0.690. The molecule has 0 radical (unpaired) electrons. The lowest BCUT2D eigenvalue weighted by Gasteiger charge is -2.13. The summed E-state index contributed by atoms with van der Waals surface area (Å²) in [6.07, 6.45) is -0.00882. The van der Waals surface area contributed by atoms with Crippen molar-refractivity contribution in [3.05, 3.63) is 28.8 Å². The highest BCUT2D eigenvalue weighted by atomic mass is 35.5. The molecule has 1 aliphatic rings. The molecule has 1 aromatic rings. The fraction of sp³-hybridized carbons (Fsp3) is 0.375. The van der Waals surface area contributed by atoms with Gasteiger partial charge in [0.25, 0.3) is 5.24 Å². The maximum atomic E-state index is 12.2. The molecule has 0 spiro atoms. The van der Waals surface area contributed by atoms with E-state index in [0.717, 1.165) is 16.7 Å². The van der Waals surface area contributed by atoms with E-state index in [4.69, 9.17) is 16.3 Å². The molecule has 1 N–H and O–H groups in total. The van der Waals surface area contributed by atoms with Crippen molar-refractivity contribution in [1.29, 1.82) is 0 Å². The van der Waals surface area contributed by atoms with Crippen molar-refractivity contribution in [2.24, 2.45) is 0 Å². The molecule has 0 saturated carbocycles. The van der Waals surface area contributed by atoms with E-state index in [-0.39, 0.29) is 54.5 Å². The predicted molar refractivity (Wildman–Crippen MR) is 94.1 cm³/mol. The van der Waals surface area contributed by atoms with Gasteiger partial charge in [0.1, 0.15) is 5.75 Å². The lowest BCUT2D eigenvalue weighted by molar-refractivity contribution is -0.125. The lowest BCUT2D eigenvalue weighted by atomic mass is 10.1. The first-order valence-corrected chi connectivity index (χ1v) is 8.89. The maximum absolute atomic E-state index is 12.2. The summed E-state index contributed by atoms with van der Waals surface area (Å²) in [7, 11) is 1.45. The van der Waals surface area contributed by atoms with Crippen LogP contribution in [0.5, 0.6) is 5.75 Å². The fourth-order valence-corrected chi connectivity index (χ4v) is 3.18. The van der Waals surface area contributed by atoms with Crippen LogP contribution in [0.3, 0.4) is 0 Å². The Morgan fingerprint density at radius 2 is 2.08 bits per heavy atom. The zero-order chi connectivity index (χ0) is 18.4. The minimum Gasteiger partial charge on any atom is -0.496 e. The van der Waals surface area contributed by atoms with E-state index in [9.17, 15) is 19.2 Å². The predicted octanol–water partition coefficient (Wildman–Crippen LogP) is 2.12. The molecule has 0 bridgehead atoms. The Kier molecular flexibility index (Phi) is 6.83. The second-order valence-corrected chi connectivity index (χ2v) is 6.58. The molecule has 0 atom stereocenters. The van der Waals surface area contributed by atoms with Gasteiger partial charge in [0, 0.05) is 31.0 Å². The summed E-state index contributed by atoms with van der Waals surface area (Å²) in [5, 5.41) is 2.70. The normalized spacial score (nSPS) is 13.9. The van der Waals surface area contributed by atoms with Crippen LogP contribution in [0.2, 0.25) is 5.02 Å². The highest BCUT2D eigenvalue weighted by Gasteiger charge is 2.29. The largest absolute Gasteiger partial charge is 0.496 e. The van der Waals surface area contributed by atoms with E-state index in [1.54, 1.807) is 12.1 Å². The molecule has 0 aliphatic carbocycles. The Hall–Kier alpha value is -2.06. The van der Waals surface area contributed by atoms with E-state index in [1.807, 2.05) is 0 Å². The molecule has 25 heavy (non-hydrogen) atoms. The van der Waals surface area contributed by atoms with Gasteiger partial charge in [0.15, 0.2) is 5.78 Å². The fourth-order valence-electron chi connectivity index (χ4n) is 2.25. The van der Waals surface area contributed by atoms with Gasteiger partial charge in [-0.05, 0) is 18.2 Å². The first-order chi connectivity index (χ1) is 11.9. The number of amides is 3. The minimum absolute atomic E-state index is 0.0000369. The second kappa shape index (κ2) is 8.87. The summed E-state index contributed by atoms with van der Waals surface area (Å²) in [5.74, 6) is -0.300. The first-order valence-electron chi connectivity index (χ1n) is 7.53. The summed E-state index contributed by atoms with van der Waals surface area (Å²) < 4.78 is 5.12. The number of halogens is 1. The Morgan fingerprint density at radius 3 is 2.72 bits per heavy atom. The van der Waals surface area contributed by atoms with Crippen LogP contribution in [-0.4, -0.2) is 53.7 Å². The molecule has 2 rings (SSSR count).